The minimum atomic E-state index is -0.279. The molecule has 0 aromatic heterocycles. The lowest BCUT2D eigenvalue weighted by molar-refractivity contribution is 0.464. The van der Waals surface area contributed by atoms with Crippen molar-refractivity contribution in [3.8, 4) is 6.07 Å². The normalized spacial score (nSPS) is 11.1. The second kappa shape index (κ2) is 6.51. The SMILES string of the molecule is CC(C)(CNCc1cc(C#N)ccc1F)c1ccccc1. The maximum absolute atomic E-state index is 13.7. The highest BCUT2D eigenvalue weighted by Crippen LogP contribution is 2.22. The number of nitrogens with zero attached hydrogens (tertiary/aromatic N) is 1. The molecule has 2 aromatic carbocycles. The number of hydrogen-bond donors (Lipinski definition) is 1. The molecule has 3 heteroatoms. The smallest absolute Gasteiger partial charge is 0.127 e. The van der Waals surface area contributed by atoms with E-state index in [9.17, 15) is 4.39 Å². The summed E-state index contributed by atoms with van der Waals surface area (Å²) in [5, 5.41) is 12.1. The van der Waals surface area contributed by atoms with Gasteiger partial charge in [0.05, 0.1) is 11.6 Å². The molecule has 0 fully saturated rings. The second-order valence-electron chi connectivity index (χ2n) is 5.77. The van der Waals surface area contributed by atoms with Crippen molar-refractivity contribution in [1.82, 2.24) is 5.32 Å². The maximum Gasteiger partial charge on any atom is 0.127 e. The summed E-state index contributed by atoms with van der Waals surface area (Å²) in [5.41, 5.74) is 2.21. The van der Waals surface area contributed by atoms with Gasteiger partial charge in [0, 0.05) is 24.1 Å². The van der Waals surface area contributed by atoms with Gasteiger partial charge in [-0.1, -0.05) is 44.2 Å². The van der Waals surface area contributed by atoms with Crippen molar-refractivity contribution in [2.24, 2.45) is 0 Å². The molecule has 2 aromatic rings. The van der Waals surface area contributed by atoms with Crippen LogP contribution in [0.4, 0.5) is 4.39 Å². The number of halogens is 1. The fourth-order valence-corrected chi connectivity index (χ4v) is 2.28. The Hall–Kier alpha value is -2.18. The van der Waals surface area contributed by atoms with Gasteiger partial charge in [0.25, 0.3) is 0 Å². The van der Waals surface area contributed by atoms with Crippen LogP contribution in [-0.4, -0.2) is 6.54 Å². The van der Waals surface area contributed by atoms with Crippen LogP contribution in [0.25, 0.3) is 0 Å². The van der Waals surface area contributed by atoms with E-state index < -0.39 is 0 Å². The monoisotopic (exact) mass is 282 g/mol. The zero-order chi connectivity index (χ0) is 15.3. The van der Waals surface area contributed by atoms with Gasteiger partial charge >= 0.3 is 0 Å². The molecule has 0 aliphatic rings. The lowest BCUT2D eigenvalue weighted by Crippen LogP contribution is -2.32. The zero-order valence-electron chi connectivity index (χ0n) is 12.4. The Morgan fingerprint density at radius 3 is 2.52 bits per heavy atom. The van der Waals surface area contributed by atoms with Crippen LogP contribution < -0.4 is 5.32 Å². The summed E-state index contributed by atoms with van der Waals surface area (Å²) in [6.45, 7) is 5.44. The number of nitriles is 1. The third-order valence-corrected chi connectivity index (χ3v) is 3.61. The largest absolute Gasteiger partial charge is 0.312 e. The predicted molar refractivity (Wildman–Crippen MR) is 82.3 cm³/mol. The molecule has 0 bridgehead atoms. The Kier molecular flexibility index (Phi) is 4.72. The van der Waals surface area contributed by atoms with E-state index in [0.29, 0.717) is 17.7 Å². The molecule has 0 aliphatic heterocycles. The first-order valence-corrected chi connectivity index (χ1v) is 6.98. The minimum absolute atomic E-state index is 0.0371. The highest BCUT2D eigenvalue weighted by Gasteiger charge is 2.19. The number of rotatable bonds is 5. The van der Waals surface area contributed by atoms with Gasteiger partial charge < -0.3 is 5.32 Å². The number of benzene rings is 2. The van der Waals surface area contributed by atoms with Crippen molar-refractivity contribution < 1.29 is 4.39 Å². The average molecular weight is 282 g/mol. The van der Waals surface area contributed by atoms with Gasteiger partial charge in [-0.25, -0.2) is 4.39 Å². The molecule has 2 nitrogen and oxygen atoms in total. The van der Waals surface area contributed by atoms with Gasteiger partial charge in [0.15, 0.2) is 0 Å². The van der Waals surface area contributed by atoms with E-state index in [4.69, 9.17) is 5.26 Å². The van der Waals surface area contributed by atoms with E-state index in [-0.39, 0.29) is 11.2 Å². The molecule has 0 radical (unpaired) electrons. The summed E-state index contributed by atoms with van der Waals surface area (Å²) in [4.78, 5) is 0. The lowest BCUT2D eigenvalue weighted by Gasteiger charge is -2.26. The quantitative estimate of drug-likeness (QED) is 0.906. The van der Waals surface area contributed by atoms with Crippen molar-refractivity contribution in [3.05, 3.63) is 71.0 Å². The van der Waals surface area contributed by atoms with Gasteiger partial charge in [-0.3, -0.25) is 0 Å². The fraction of sp³-hybridized carbons (Fsp3) is 0.278. The summed E-state index contributed by atoms with van der Waals surface area (Å²) < 4.78 is 13.7. The summed E-state index contributed by atoms with van der Waals surface area (Å²) >= 11 is 0. The minimum Gasteiger partial charge on any atom is -0.312 e. The molecule has 21 heavy (non-hydrogen) atoms. The molecule has 0 saturated carbocycles. The van der Waals surface area contributed by atoms with Gasteiger partial charge in [0.1, 0.15) is 5.82 Å². The van der Waals surface area contributed by atoms with Gasteiger partial charge in [-0.2, -0.15) is 5.26 Å². The van der Waals surface area contributed by atoms with Crippen molar-refractivity contribution in [1.29, 1.82) is 5.26 Å². The van der Waals surface area contributed by atoms with Gasteiger partial charge in [-0.05, 0) is 23.8 Å². The molecule has 0 saturated heterocycles. The molecule has 1 N–H and O–H groups in total. The third kappa shape index (κ3) is 3.90. The first kappa shape index (κ1) is 15.2. The van der Waals surface area contributed by atoms with E-state index in [1.54, 1.807) is 6.07 Å². The summed E-state index contributed by atoms with van der Waals surface area (Å²) in [6, 6.07) is 16.7. The molecular weight excluding hydrogens is 263 g/mol. The van der Waals surface area contributed by atoms with Crippen LogP contribution in [0.5, 0.6) is 0 Å². The summed E-state index contributed by atoms with van der Waals surface area (Å²) in [5.74, 6) is -0.279. The van der Waals surface area contributed by atoms with E-state index in [1.807, 2.05) is 24.3 Å². The topological polar surface area (TPSA) is 35.8 Å². The average Bonchev–Trinajstić information content (AvgIpc) is 2.50. The number of nitrogens with one attached hydrogen (secondary N) is 1. The Bertz CT molecular complexity index is 642. The Morgan fingerprint density at radius 2 is 1.86 bits per heavy atom. The molecule has 108 valence electrons. The third-order valence-electron chi connectivity index (χ3n) is 3.61. The zero-order valence-corrected chi connectivity index (χ0v) is 12.4. The van der Waals surface area contributed by atoms with Crippen LogP contribution in [0.3, 0.4) is 0 Å². The van der Waals surface area contributed by atoms with Crippen molar-refractivity contribution in [2.75, 3.05) is 6.54 Å². The standard InChI is InChI=1S/C18H19FN2/c1-18(2,16-6-4-3-5-7-16)13-21-12-15-10-14(11-20)8-9-17(15)19/h3-10,21H,12-13H2,1-2H3. The van der Waals surface area contributed by atoms with Crippen LogP contribution in [0.15, 0.2) is 48.5 Å². The second-order valence-corrected chi connectivity index (χ2v) is 5.77. The van der Waals surface area contributed by atoms with E-state index >= 15 is 0 Å². The number of hydrogen-bond acceptors (Lipinski definition) is 2. The van der Waals surface area contributed by atoms with Crippen LogP contribution in [0, 0.1) is 17.1 Å². The van der Waals surface area contributed by atoms with E-state index in [2.05, 4.69) is 31.3 Å². The van der Waals surface area contributed by atoms with Gasteiger partial charge in [-0.15, -0.1) is 0 Å². The molecule has 0 aliphatic carbocycles. The summed E-state index contributed by atoms with van der Waals surface area (Å²) in [7, 11) is 0. The van der Waals surface area contributed by atoms with Crippen molar-refractivity contribution >= 4 is 0 Å². The first-order valence-electron chi connectivity index (χ1n) is 6.98. The lowest BCUT2D eigenvalue weighted by atomic mass is 9.84. The molecule has 0 spiro atoms. The van der Waals surface area contributed by atoms with Crippen LogP contribution in [0.1, 0.15) is 30.5 Å². The highest BCUT2D eigenvalue weighted by atomic mass is 19.1. The van der Waals surface area contributed by atoms with Crippen molar-refractivity contribution in [3.63, 3.8) is 0 Å². The van der Waals surface area contributed by atoms with Crippen LogP contribution >= 0.6 is 0 Å². The molecule has 0 heterocycles. The van der Waals surface area contributed by atoms with Crippen LogP contribution in [0.2, 0.25) is 0 Å². The molecule has 2 rings (SSSR count). The van der Waals surface area contributed by atoms with E-state index in [1.165, 1.54) is 17.7 Å². The van der Waals surface area contributed by atoms with Crippen molar-refractivity contribution in [2.45, 2.75) is 25.8 Å². The highest BCUT2D eigenvalue weighted by molar-refractivity contribution is 5.33. The summed E-state index contributed by atoms with van der Waals surface area (Å²) in [6.07, 6.45) is 0. The first-order chi connectivity index (χ1) is 10.0. The Labute approximate surface area is 125 Å². The molecule has 0 unspecified atom stereocenters. The Morgan fingerprint density at radius 1 is 1.14 bits per heavy atom. The Balaban J connectivity index is 2.00. The molecule has 0 atom stereocenters. The maximum atomic E-state index is 13.7. The fourth-order valence-electron chi connectivity index (χ4n) is 2.28. The molecular formula is C18H19FN2. The van der Waals surface area contributed by atoms with Crippen LogP contribution in [-0.2, 0) is 12.0 Å². The predicted octanol–water partition coefficient (Wildman–Crippen LogP) is 3.76. The van der Waals surface area contributed by atoms with Gasteiger partial charge in [0.2, 0.25) is 0 Å². The van der Waals surface area contributed by atoms with E-state index in [0.717, 1.165) is 6.54 Å². The molecule has 0 amide bonds.